The van der Waals surface area contributed by atoms with Crippen molar-refractivity contribution in [3.8, 4) is 0 Å². The molecule has 0 amide bonds. The Kier molecular flexibility index (Phi) is 4.29. The molecule has 1 heterocycles. The first-order valence-electron chi connectivity index (χ1n) is 7.54. The number of likely N-dealkylation sites (N-methyl/N-ethyl adjacent to an activating group) is 1. The first kappa shape index (κ1) is 14.5. The Balaban J connectivity index is 2.03. The van der Waals surface area contributed by atoms with E-state index in [1.165, 1.54) is 6.42 Å². The lowest BCUT2D eigenvalue weighted by molar-refractivity contribution is 0.387. The van der Waals surface area contributed by atoms with Crippen molar-refractivity contribution in [3.05, 3.63) is 12.2 Å². The molecule has 2 rings (SSSR count). The standard InChI is InChI=1S/C15H28N4/c1-6-16-13(12-8-15(12,4)5)7-14-17-10-18-19(14)9-11(2)3/h10-13,16H,6-9H2,1-5H3. The first-order valence-corrected chi connectivity index (χ1v) is 7.54. The van der Waals surface area contributed by atoms with Gasteiger partial charge in [0.1, 0.15) is 12.2 Å². The summed E-state index contributed by atoms with van der Waals surface area (Å²) in [5.74, 6) is 2.51. The van der Waals surface area contributed by atoms with Crippen LogP contribution >= 0.6 is 0 Å². The van der Waals surface area contributed by atoms with E-state index in [0.29, 0.717) is 17.4 Å². The molecule has 1 aliphatic rings. The number of nitrogens with zero attached hydrogens (tertiary/aromatic N) is 3. The van der Waals surface area contributed by atoms with Crippen LogP contribution in [0.25, 0.3) is 0 Å². The largest absolute Gasteiger partial charge is 0.314 e. The Morgan fingerprint density at radius 2 is 2.16 bits per heavy atom. The van der Waals surface area contributed by atoms with Gasteiger partial charge in [0, 0.05) is 19.0 Å². The highest BCUT2D eigenvalue weighted by Gasteiger charge is 2.49. The Labute approximate surface area is 117 Å². The van der Waals surface area contributed by atoms with Crippen LogP contribution in [0.3, 0.4) is 0 Å². The minimum Gasteiger partial charge on any atom is -0.314 e. The van der Waals surface area contributed by atoms with Crippen LogP contribution in [0, 0.1) is 17.3 Å². The number of hydrogen-bond acceptors (Lipinski definition) is 3. The van der Waals surface area contributed by atoms with E-state index in [1.54, 1.807) is 6.33 Å². The molecule has 0 aromatic carbocycles. The third kappa shape index (κ3) is 3.56. The molecule has 1 aromatic rings. The minimum atomic E-state index is 0.496. The van der Waals surface area contributed by atoms with Gasteiger partial charge in [0.25, 0.3) is 0 Å². The third-order valence-electron chi connectivity index (χ3n) is 4.18. The molecule has 1 aliphatic carbocycles. The SMILES string of the molecule is CCNC(Cc1ncnn1CC(C)C)C1CC1(C)C. The fourth-order valence-electron chi connectivity index (χ4n) is 2.95. The molecule has 0 aliphatic heterocycles. The molecule has 1 saturated carbocycles. The van der Waals surface area contributed by atoms with E-state index in [4.69, 9.17) is 0 Å². The topological polar surface area (TPSA) is 42.7 Å². The molecule has 4 nitrogen and oxygen atoms in total. The zero-order valence-corrected chi connectivity index (χ0v) is 13.0. The predicted molar refractivity (Wildman–Crippen MR) is 77.9 cm³/mol. The lowest BCUT2D eigenvalue weighted by Gasteiger charge is -2.20. The summed E-state index contributed by atoms with van der Waals surface area (Å²) in [7, 11) is 0. The summed E-state index contributed by atoms with van der Waals surface area (Å²) < 4.78 is 2.07. The second-order valence-electron chi connectivity index (χ2n) is 6.92. The second-order valence-corrected chi connectivity index (χ2v) is 6.92. The Morgan fingerprint density at radius 3 is 2.68 bits per heavy atom. The van der Waals surface area contributed by atoms with Gasteiger partial charge in [-0.15, -0.1) is 0 Å². The van der Waals surface area contributed by atoms with Gasteiger partial charge in [0.2, 0.25) is 0 Å². The van der Waals surface area contributed by atoms with Crippen LogP contribution in [0.1, 0.15) is 46.9 Å². The quantitative estimate of drug-likeness (QED) is 0.823. The maximum atomic E-state index is 4.46. The van der Waals surface area contributed by atoms with E-state index in [0.717, 1.165) is 31.3 Å². The van der Waals surface area contributed by atoms with Crippen molar-refractivity contribution >= 4 is 0 Å². The molecule has 2 unspecified atom stereocenters. The van der Waals surface area contributed by atoms with Crippen LogP contribution < -0.4 is 5.32 Å². The van der Waals surface area contributed by atoms with Crippen LogP contribution in [0.15, 0.2) is 6.33 Å². The Hall–Kier alpha value is -0.900. The summed E-state index contributed by atoms with van der Waals surface area (Å²) in [5.41, 5.74) is 0.496. The van der Waals surface area contributed by atoms with Crippen LogP contribution in [-0.2, 0) is 13.0 Å². The van der Waals surface area contributed by atoms with Gasteiger partial charge in [-0.2, -0.15) is 5.10 Å². The van der Waals surface area contributed by atoms with E-state index < -0.39 is 0 Å². The highest BCUT2D eigenvalue weighted by molar-refractivity contribution is 5.05. The number of nitrogens with one attached hydrogen (secondary N) is 1. The summed E-state index contributed by atoms with van der Waals surface area (Å²) in [6, 6.07) is 0.537. The van der Waals surface area contributed by atoms with Gasteiger partial charge in [-0.05, 0) is 30.2 Å². The van der Waals surface area contributed by atoms with Gasteiger partial charge in [-0.25, -0.2) is 9.67 Å². The molecule has 0 radical (unpaired) electrons. The summed E-state index contributed by atoms with van der Waals surface area (Å²) >= 11 is 0. The fraction of sp³-hybridized carbons (Fsp3) is 0.867. The molecule has 0 saturated heterocycles. The highest BCUT2D eigenvalue weighted by atomic mass is 15.3. The average Bonchev–Trinajstić information content (AvgIpc) is 2.73. The maximum absolute atomic E-state index is 4.46. The molecular weight excluding hydrogens is 236 g/mol. The van der Waals surface area contributed by atoms with Crippen molar-refractivity contribution in [3.63, 3.8) is 0 Å². The summed E-state index contributed by atoms with van der Waals surface area (Å²) in [4.78, 5) is 4.46. The monoisotopic (exact) mass is 264 g/mol. The highest BCUT2D eigenvalue weighted by Crippen LogP contribution is 2.53. The molecule has 1 N–H and O–H groups in total. The van der Waals surface area contributed by atoms with E-state index in [-0.39, 0.29) is 0 Å². The van der Waals surface area contributed by atoms with Gasteiger partial charge >= 0.3 is 0 Å². The van der Waals surface area contributed by atoms with E-state index in [2.05, 4.69) is 54.7 Å². The number of aromatic nitrogens is 3. The molecule has 108 valence electrons. The van der Waals surface area contributed by atoms with Gasteiger partial charge in [0.05, 0.1) is 0 Å². The van der Waals surface area contributed by atoms with Crippen LogP contribution in [0.4, 0.5) is 0 Å². The van der Waals surface area contributed by atoms with Crippen molar-refractivity contribution in [2.75, 3.05) is 6.54 Å². The van der Waals surface area contributed by atoms with Crippen LogP contribution in [0.2, 0.25) is 0 Å². The zero-order chi connectivity index (χ0) is 14.0. The molecule has 2 atom stereocenters. The maximum Gasteiger partial charge on any atom is 0.138 e. The summed E-state index contributed by atoms with van der Waals surface area (Å²) in [6.07, 6.45) is 4.01. The fourth-order valence-corrected chi connectivity index (χ4v) is 2.95. The number of hydrogen-bond donors (Lipinski definition) is 1. The molecule has 4 heteroatoms. The van der Waals surface area contributed by atoms with Crippen molar-refractivity contribution < 1.29 is 0 Å². The van der Waals surface area contributed by atoms with Crippen molar-refractivity contribution in [1.82, 2.24) is 20.1 Å². The first-order chi connectivity index (χ1) is 8.94. The van der Waals surface area contributed by atoms with Gasteiger partial charge in [-0.3, -0.25) is 0 Å². The van der Waals surface area contributed by atoms with E-state index in [9.17, 15) is 0 Å². The zero-order valence-electron chi connectivity index (χ0n) is 13.0. The normalized spacial score (nSPS) is 22.7. The summed E-state index contributed by atoms with van der Waals surface area (Å²) in [5, 5.41) is 8.00. The molecule has 0 spiro atoms. The second kappa shape index (κ2) is 5.61. The Bertz CT molecular complexity index is 408. The number of rotatable bonds is 7. The van der Waals surface area contributed by atoms with E-state index in [1.807, 2.05) is 0 Å². The lowest BCUT2D eigenvalue weighted by atomic mass is 10.0. The average molecular weight is 264 g/mol. The van der Waals surface area contributed by atoms with E-state index >= 15 is 0 Å². The van der Waals surface area contributed by atoms with Gasteiger partial charge < -0.3 is 5.32 Å². The van der Waals surface area contributed by atoms with Crippen LogP contribution in [0.5, 0.6) is 0 Å². The van der Waals surface area contributed by atoms with Gasteiger partial charge in [0.15, 0.2) is 0 Å². The lowest BCUT2D eigenvalue weighted by Crippen LogP contribution is -2.35. The van der Waals surface area contributed by atoms with Crippen LogP contribution in [-0.4, -0.2) is 27.4 Å². The molecule has 1 aromatic heterocycles. The third-order valence-corrected chi connectivity index (χ3v) is 4.18. The molecule has 1 fully saturated rings. The van der Waals surface area contributed by atoms with Crippen molar-refractivity contribution in [2.24, 2.45) is 17.3 Å². The predicted octanol–water partition coefficient (Wildman–Crippen LogP) is 2.50. The Morgan fingerprint density at radius 1 is 1.47 bits per heavy atom. The molecular formula is C15H28N4. The smallest absolute Gasteiger partial charge is 0.138 e. The van der Waals surface area contributed by atoms with Crippen molar-refractivity contribution in [2.45, 2.75) is 60.0 Å². The minimum absolute atomic E-state index is 0.496. The molecule has 19 heavy (non-hydrogen) atoms. The molecule has 0 bridgehead atoms. The van der Waals surface area contributed by atoms with Crippen molar-refractivity contribution in [1.29, 1.82) is 0 Å². The van der Waals surface area contributed by atoms with Gasteiger partial charge in [-0.1, -0.05) is 34.6 Å². The summed E-state index contributed by atoms with van der Waals surface area (Å²) in [6.45, 7) is 13.3.